The maximum absolute atomic E-state index is 2.40. The monoisotopic (exact) mass is 1480 g/mol. The Labute approximate surface area is 674 Å². The van der Waals surface area contributed by atoms with Crippen LogP contribution >= 0.6 is 0 Å². The summed E-state index contributed by atoms with van der Waals surface area (Å²) in [4.78, 5) is 4.45. The third kappa shape index (κ3) is 12.9. The van der Waals surface area contributed by atoms with Crippen LogP contribution in [-0.2, 0) is 0 Å². The van der Waals surface area contributed by atoms with Gasteiger partial charge in [-0.15, -0.1) is 0 Å². The highest BCUT2D eigenvalue weighted by atomic mass is 15.1. The van der Waals surface area contributed by atoms with Crippen LogP contribution in [0.25, 0.3) is 165 Å². The van der Waals surface area contributed by atoms with Crippen LogP contribution in [0, 0.1) is 0 Å². The first kappa shape index (κ1) is 69.9. The van der Waals surface area contributed by atoms with Crippen molar-refractivity contribution in [3.05, 3.63) is 449 Å². The van der Waals surface area contributed by atoms with Gasteiger partial charge in [0, 0.05) is 113 Å². The van der Waals surface area contributed by atoms with Crippen molar-refractivity contribution in [1.29, 1.82) is 0 Å². The molecule has 6 heteroatoms. The quantitative estimate of drug-likeness (QED) is 0.136. The Balaban J connectivity index is 0.000000107. The number of benzene rings is 19. The molecule has 0 spiro atoms. The van der Waals surface area contributed by atoms with Crippen LogP contribution in [0.3, 0.4) is 0 Å². The first-order valence-corrected chi connectivity index (χ1v) is 39.7. The van der Waals surface area contributed by atoms with Gasteiger partial charge in [0.1, 0.15) is 0 Å². The number of hydrogen-bond donors (Lipinski definition) is 0. The predicted octanol–water partition coefficient (Wildman–Crippen LogP) is 29.5. The van der Waals surface area contributed by atoms with Crippen LogP contribution < -0.4 is 9.80 Å². The largest absolute Gasteiger partial charge is 0.344 e. The Morgan fingerprint density at radius 3 is 0.741 bits per heavy atom. The minimum absolute atomic E-state index is 1.18. The van der Waals surface area contributed by atoms with E-state index in [1.165, 1.54) is 187 Å². The summed E-state index contributed by atoms with van der Waals surface area (Å²) in [5.41, 5.74) is 24.3. The van der Waals surface area contributed by atoms with Crippen LogP contribution in [0.15, 0.2) is 449 Å². The molecule has 550 valence electrons. The number of aromatic nitrogens is 4. The van der Waals surface area contributed by atoms with E-state index in [-0.39, 0.29) is 0 Å². The molecule has 0 N–H and O–H groups in total. The van der Waals surface area contributed by atoms with Crippen LogP contribution in [0.2, 0.25) is 0 Å². The molecule has 19 aromatic carbocycles. The lowest BCUT2D eigenvalue weighted by molar-refractivity contribution is 1.18. The second kappa shape index (κ2) is 30.4. The van der Waals surface area contributed by atoms with E-state index < -0.39 is 0 Å². The van der Waals surface area contributed by atoms with Crippen LogP contribution in [0.5, 0.6) is 0 Å². The van der Waals surface area contributed by atoms with E-state index in [2.05, 4.69) is 479 Å². The summed E-state index contributed by atoms with van der Waals surface area (Å²) in [6.07, 6.45) is 0. The number of para-hydroxylation sites is 9. The number of fused-ring (bicyclic) bond motifs is 15. The van der Waals surface area contributed by atoms with Crippen molar-refractivity contribution in [1.82, 2.24) is 18.3 Å². The zero-order valence-electron chi connectivity index (χ0n) is 64.4. The van der Waals surface area contributed by atoms with Gasteiger partial charge in [-0.25, -0.2) is 0 Å². The molecule has 0 fully saturated rings. The Morgan fingerprint density at radius 1 is 0.155 bits per heavy atom. The molecule has 116 heavy (non-hydrogen) atoms. The second-order valence-corrected chi connectivity index (χ2v) is 29.7. The van der Waals surface area contributed by atoms with Crippen LogP contribution in [0.1, 0.15) is 0 Å². The molecule has 0 unspecified atom stereocenters. The fraction of sp³-hybridized carbons (Fsp3) is 0.0182. The molecular formula is C110H80N6. The minimum Gasteiger partial charge on any atom is -0.344 e. The van der Waals surface area contributed by atoms with Gasteiger partial charge < -0.3 is 28.1 Å². The number of hydrogen-bond acceptors (Lipinski definition) is 2. The second-order valence-electron chi connectivity index (χ2n) is 29.7. The molecule has 4 heterocycles. The van der Waals surface area contributed by atoms with Gasteiger partial charge in [-0.3, -0.25) is 0 Å². The highest BCUT2D eigenvalue weighted by Crippen LogP contribution is 2.43. The Morgan fingerprint density at radius 2 is 0.405 bits per heavy atom. The van der Waals surface area contributed by atoms with Crippen LogP contribution in [-0.4, -0.2) is 32.4 Å². The molecule has 6 nitrogen and oxygen atoms in total. The maximum Gasteiger partial charge on any atom is 0.0541 e. The Kier molecular flexibility index (Phi) is 18.4. The highest BCUT2D eigenvalue weighted by Gasteiger charge is 2.20. The molecule has 23 aromatic rings. The summed E-state index contributed by atoms with van der Waals surface area (Å²) in [6, 6.07) is 160. The molecule has 0 amide bonds. The fourth-order valence-electron chi connectivity index (χ4n) is 17.4. The molecule has 0 aliphatic heterocycles. The van der Waals surface area contributed by atoms with Crippen molar-refractivity contribution in [3.8, 4) is 45.0 Å². The van der Waals surface area contributed by atoms with Gasteiger partial charge in [-0.1, -0.05) is 291 Å². The van der Waals surface area contributed by atoms with E-state index in [1.807, 2.05) is 12.1 Å². The lowest BCUT2D eigenvalue weighted by Gasteiger charge is -2.21. The summed E-state index contributed by atoms with van der Waals surface area (Å²) in [5.74, 6) is 0. The standard InChI is InChI=1S/C40H26N2.C36H24N2.2C17H15N/c1-2-12-31(13-3-1)41-37-16-8-6-14-33(37)35-25-29(19-22-39(35)41)30-20-23-40-36(26-30)34-15-7-9-17-38(34)42(40)32-21-18-27-10-4-5-11-28(27)24-32;1-3-11-27(12-4-1)37-33-17-9-7-15-29(33)31-23-25(19-21-35(31)37)26-20-22-36-32(24-26)30-16-8-10-18-34(30)38(36)28-13-5-2-6-14-28;2*1-18(15-10-3-2-4-11-15)17-13-7-9-14-8-5-6-12-16(14)17/h1-26H;1-24H;2*2-13H,1H3. The highest BCUT2D eigenvalue weighted by molar-refractivity contribution is 6.15. The molecule has 23 rings (SSSR count). The Bertz CT molecular complexity index is 7260. The first-order chi connectivity index (χ1) is 57.4. The van der Waals surface area contributed by atoms with Crippen molar-refractivity contribution in [2.45, 2.75) is 0 Å². The molecule has 0 aliphatic rings. The first-order valence-electron chi connectivity index (χ1n) is 39.7. The topological polar surface area (TPSA) is 26.2 Å². The summed E-state index contributed by atoms with van der Waals surface area (Å²) in [6.45, 7) is 0. The Hall–Kier alpha value is -15.2. The summed E-state index contributed by atoms with van der Waals surface area (Å²) in [5, 5.41) is 17.8. The summed E-state index contributed by atoms with van der Waals surface area (Å²) < 4.78 is 9.50. The van der Waals surface area contributed by atoms with Gasteiger partial charge in [0.15, 0.2) is 0 Å². The molecule has 4 aromatic heterocycles. The fourth-order valence-corrected chi connectivity index (χ4v) is 17.4. The van der Waals surface area contributed by atoms with Crippen molar-refractivity contribution >= 4 is 142 Å². The van der Waals surface area contributed by atoms with Gasteiger partial charge in [0.05, 0.1) is 44.1 Å². The molecule has 0 aliphatic carbocycles. The van der Waals surface area contributed by atoms with E-state index in [0.29, 0.717) is 0 Å². The lowest BCUT2D eigenvalue weighted by Crippen LogP contribution is -2.09. The zero-order valence-corrected chi connectivity index (χ0v) is 64.4. The van der Waals surface area contributed by atoms with Gasteiger partial charge >= 0.3 is 0 Å². The molecule has 0 atom stereocenters. The lowest BCUT2D eigenvalue weighted by atomic mass is 10.0. The van der Waals surface area contributed by atoms with E-state index >= 15 is 0 Å². The van der Waals surface area contributed by atoms with Crippen molar-refractivity contribution in [3.63, 3.8) is 0 Å². The number of rotatable bonds is 10. The number of anilines is 4. The maximum atomic E-state index is 2.40. The average Bonchev–Trinajstić information content (AvgIpc) is 1.63. The van der Waals surface area contributed by atoms with E-state index in [0.717, 1.165) is 0 Å². The zero-order chi connectivity index (χ0) is 77.4. The SMILES string of the molecule is CN(c1ccccc1)c1cccc2ccccc12.CN(c1ccccc1)c1cccc2ccccc12.c1ccc(-n2c3ccccc3c3cc(-c4ccc5c(c4)c4ccccc4n5-c4ccc5ccccc5c4)ccc32)cc1.c1ccc(-n2c3ccccc3c3cc(-c4ccc5c(c4)c4ccccc4n5-c4ccccc4)ccc32)cc1. The molecule has 0 radical (unpaired) electrons. The van der Waals surface area contributed by atoms with Gasteiger partial charge in [-0.2, -0.15) is 0 Å². The average molecular weight is 1490 g/mol. The third-order valence-corrected chi connectivity index (χ3v) is 22.9. The van der Waals surface area contributed by atoms with Crippen LogP contribution in [0.4, 0.5) is 22.7 Å². The van der Waals surface area contributed by atoms with Gasteiger partial charge in [0.25, 0.3) is 0 Å². The van der Waals surface area contributed by atoms with Crippen molar-refractivity contribution in [2.75, 3.05) is 23.9 Å². The van der Waals surface area contributed by atoms with Crippen molar-refractivity contribution in [2.24, 2.45) is 0 Å². The molecular weight excluding hydrogens is 1410 g/mol. The summed E-state index contributed by atoms with van der Waals surface area (Å²) in [7, 11) is 4.22. The summed E-state index contributed by atoms with van der Waals surface area (Å²) >= 11 is 0. The molecule has 0 saturated carbocycles. The predicted molar refractivity (Wildman–Crippen MR) is 496 cm³/mol. The normalized spacial score (nSPS) is 11.4. The molecule has 0 saturated heterocycles. The van der Waals surface area contributed by atoms with E-state index in [9.17, 15) is 0 Å². The smallest absolute Gasteiger partial charge is 0.0541 e. The van der Waals surface area contributed by atoms with Gasteiger partial charge in [-0.05, 0) is 202 Å². The van der Waals surface area contributed by atoms with Crippen molar-refractivity contribution < 1.29 is 0 Å². The minimum atomic E-state index is 1.18. The van der Waals surface area contributed by atoms with Gasteiger partial charge in [0.2, 0.25) is 0 Å². The number of nitrogens with zero attached hydrogens (tertiary/aromatic N) is 6. The van der Waals surface area contributed by atoms with E-state index in [1.54, 1.807) is 0 Å². The molecule has 0 bridgehead atoms. The van der Waals surface area contributed by atoms with E-state index in [4.69, 9.17) is 0 Å². The third-order valence-electron chi connectivity index (χ3n) is 22.9.